The lowest BCUT2D eigenvalue weighted by molar-refractivity contribution is 0.391. The van der Waals surface area contributed by atoms with Crippen molar-refractivity contribution in [2.24, 2.45) is 0 Å². The van der Waals surface area contributed by atoms with Crippen molar-refractivity contribution in [1.29, 1.82) is 0 Å². The van der Waals surface area contributed by atoms with Gasteiger partial charge in [-0.1, -0.05) is 18.2 Å². The normalized spacial score (nSPS) is 14.8. The Morgan fingerprint density at radius 3 is 2.48 bits per heavy atom. The minimum Gasteiger partial charge on any atom is -0.497 e. The van der Waals surface area contributed by atoms with E-state index in [0.29, 0.717) is 5.75 Å². The molecule has 0 fully saturated rings. The van der Waals surface area contributed by atoms with E-state index in [1.165, 1.54) is 37.8 Å². The molecule has 3 rings (SSSR count). The van der Waals surface area contributed by atoms with Crippen LogP contribution in [-0.4, -0.2) is 22.6 Å². The van der Waals surface area contributed by atoms with Gasteiger partial charge in [0.25, 0.3) is 0 Å². The van der Waals surface area contributed by atoms with Gasteiger partial charge >= 0.3 is 0 Å². The van der Waals surface area contributed by atoms with E-state index in [9.17, 15) is 8.42 Å². The van der Waals surface area contributed by atoms with Crippen molar-refractivity contribution >= 4 is 10.0 Å². The molecule has 1 N–H and O–H groups in total. The number of rotatable bonds is 6. The lowest BCUT2D eigenvalue weighted by Gasteiger charge is -2.17. The number of hydrogen-bond donors (Lipinski definition) is 1. The van der Waals surface area contributed by atoms with Crippen molar-refractivity contribution in [1.82, 2.24) is 4.72 Å². The average Bonchev–Trinajstić information content (AvgIpc) is 3.08. The molecule has 1 atom stereocenters. The van der Waals surface area contributed by atoms with E-state index in [0.717, 1.165) is 18.4 Å². The first-order valence-corrected chi connectivity index (χ1v) is 9.79. The summed E-state index contributed by atoms with van der Waals surface area (Å²) in [4.78, 5) is 0.0716. The van der Waals surface area contributed by atoms with E-state index >= 15 is 0 Å². The molecule has 0 saturated heterocycles. The quantitative estimate of drug-likeness (QED) is 0.858. The number of benzene rings is 2. The van der Waals surface area contributed by atoms with Gasteiger partial charge < -0.3 is 9.47 Å². The summed E-state index contributed by atoms with van der Waals surface area (Å²) in [6, 6.07) is 10.6. The predicted molar refractivity (Wildman–Crippen MR) is 96.7 cm³/mol. The number of nitrogens with one attached hydrogen (secondary N) is 1. The summed E-state index contributed by atoms with van der Waals surface area (Å²) >= 11 is 0. The third-order valence-electron chi connectivity index (χ3n) is 4.61. The highest BCUT2D eigenvalue weighted by Crippen LogP contribution is 2.30. The average molecular weight is 361 g/mol. The van der Waals surface area contributed by atoms with Gasteiger partial charge in [-0.25, -0.2) is 13.1 Å². The molecular formula is C19H23NO4S. The summed E-state index contributed by atoms with van der Waals surface area (Å²) in [6.07, 6.45) is 3.34. The number of fused-ring (bicyclic) bond motifs is 1. The van der Waals surface area contributed by atoms with Crippen LogP contribution < -0.4 is 14.2 Å². The molecule has 0 heterocycles. The first-order valence-electron chi connectivity index (χ1n) is 8.30. The van der Waals surface area contributed by atoms with Crippen LogP contribution in [0.15, 0.2) is 41.3 Å². The molecule has 0 unspecified atom stereocenters. The van der Waals surface area contributed by atoms with Gasteiger partial charge in [0.15, 0.2) is 0 Å². The number of aryl methyl sites for hydroxylation is 2. The molecule has 2 aromatic rings. The third-order valence-corrected chi connectivity index (χ3v) is 6.18. The van der Waals surface area contributed by atoms with Crippen LogP contribution in [-0.2, 0) is 22.9 Å². The fourth-order valence-electron chi connectivity index (χ4n) is 3.22. The van der Waals surface area contributed by atoms with Crippen molar-refractivity contribution in [3.05, 3.63) is 53.1 Å². The molecule has 2 aromatic carbocycles. The van der Waals surface area contributed by atoms with E-state index in [2.05, 4.69) is 16.9 Å². The van der Waals surface area contributed by atoms with Gasteiger partial charge in [-0.05, 0) is 55.0 Å². The Kier molecular flexibility index (Phi) is 5.01. The van der Waals surface area contributed by atoms with Gasteiger partial charge in [-0.15, -0.1) is 0 Å². The van der Waals surface area contributed by atoms with E-state index in [4.69, 9.17) is 9.47 Å². The van der Waals surface area contributed by atoms with Gasteiger partial charge in [-0.2, -0.15) is 0 Å². The summed E-state index contributed by atoms with van der Waals surface area (Å²) in [5, 5.41) is 0. The monoisotopic (exact) mass is 361 g/mol. The molecule has 0 amide bonds. The first kappa shape index (κ1) is 17.8. The topological polar surface area (TPSA) is 64.6 Å². The summed E-state index contributed by atoms with van der Waals surface area (Å²) in [7, 11) is -0.804. The van der Waals surface area contributed by atoms with Crippen LogP contribution >= 0.6 is 0 Å². The summed E-state index contributed by atoms with van der Waals surface area (Å²) < 4.78 is 38.8. The highest BCUT2D eigenvalue weighted by atomic mass is 32.2. The maximum absolute atomic E-state index is 12.9. The summed E-state index contributed by atoms with van der Waals surface area (Å²) in [5.74, 6) is 0.751. The van der Waals surface area contributed by atoms with E-state index in [-0.39, 0.29) is 16.7 Å². The fourth-order valence-corrected chi connectivity index (χ4v) is 4.64. The Balaban J connectivity index is 1.88. The minimum absolute atomic E-state index is 0.0716. The second-order valence-electron chi connectivity index (χ2n) is 6.24. The SMILES string of the molecule is COc1ccc(OC)c(S(=O)(=O)N[C@@H](C)c2ccc3c(c2)CCC3)c1. The van der Waals surface area contributed by atoms with Crippen LogP contribution in [0.5, 0.6) is 11.5 Å². The van der Waals surface area contributed by atoms with Gasteiger partial charge in [-0.3, -0.25) is 0 Å². The number of ether oxygens (including phenoxy) is 2. The molecule has 0 aliphatic heterocycles. The maximum Gasteiger partial charge on any atom is 0.244 e. The number of methoxy groups -OCH3 is 2. The van der Waals surface area contributed by atoms with Crippen LogP contribution in [0.25, 0.3) is 0 Å². The molecule has 0 bridgehead atoms. The zero-order chi connectivity index (χ0) is 18.0. The lowest BCUT2D eigenvalue weighted by Crippen LogP contribution is -2.27. The van der Waals surface area contributed by atoms with E-state index in [1.807, 2.05) is 13.0 Å². The van der Waals surface area contributed by atoms with Gasteiger partial charge in [0.05, 0.1) is 14.2 Å². The minimum atomic E-state index is -3.75. The molecule has 134 valence electrons. The van der Waals surface area contributed by atoms with Crippen molar-refractivity contribution in [2.45, 2.75) is 37.1 Å². The van der Waals surface area contributed by atoms with Gasteiger partial charge in [0.2, 0.25) is 10.0 Å². The summed E-state index contributed by atoms with van der Waals surface area (Å²) in [6.45, 7) is 1.85. The van der Waals surface area contributed by atoms with Crippen molar-refractivity contribution in [3.8, 4) is 11.5 Å². The Morgan fingerprint density at radius 2 is 1.76 bits per heavy atom. The summed E-state index contributed by atoms with van der Waals surface area (Å²) in [5.41, 5.74) is 3.65. The largest absolute Gasteiger partial charge is 0.497 e. The Hall–Kier alpha value is -2.05. The Labute approximate surface area is 149 Å². The second-order valence-corrected chi connectivity index (χ2v) is 7.92. The second kappa shape index (κ2) is 7.06. The molecule has 0 saturated carbocycles. The molecule has 0 radical (unpaired) electrons. The lowest BCUT2D eigenvalue weighted by atomic mass is 10.0. The molecule has 25 heavy (non-hydrogen) atoms. The highest BCUT2D eigenvalue weighted by Gasteiger charge is 2.24. The van der Waals surface area contributed by atoms with E-state index in [1.54, 1.807) is 12.1 Å². The predicted octanol–water partition coefficient (Wildman–Crippen LogP) is 3.23. The smallest absolute Gasteiger partial charge is 0.244 e. The number of sulfonamides is 1. The molecule has 0 aromatic heterocycles. The van der Waals surface area contributed by atoms with E-state index < -0.39 is 10.0 Å². The van der Waals surface area contributed by atoms with Crippen molar-refractivity contribution < 1.29 is 17.9 Å². The zero-order valence-corrected chi connectivity index (χ0v) is 15.5. The first-order chi connectivity index (χ1) is 11.9. The molecule has 1 aliphatic rings. The van der Waals surface area contributed by atoms with Crippen LogP contribution in [0.1, 0.15) is 36.1 Å². The van der Waals surface area contributed by atoms with Gasteiger partial charge in [0, 0.05) is 12.1 Å². The van der Waals surface area contributed by atoms with Crippen molar-refractivity contribution in [2.75, 3.05) is 14.2 Å². The molecule has 0 spiro atoms. The zero-order valence-electron chi connectivity index (χ0n) is 14.7. The maximum atomic E-state index is 12.9. The molecule has 6 heteroatoms. The van der Waals surface area contributed by atoms with Crippen LogP contribution in [0.4, 0.5) is 0 Å². The third kappa shape index (κ3) is 3.65. The number of hydrogen-bond acceptors (Lipinski definition) is 4. The Bertz CT molecular complexity index is 877. The Morgan fingerprint density at radius 1 is 1.00 bits per heavy atom. The highest BCUT2D eigenvalue weighted by molar-refractivity contribution is 7.89. The molecule has 5 nitrogen and oxygen atoms in total. The van der Waals surface area contributed by atoms with Gasteiger partial charge in [0.1, 0.15) is 16.4 Å². The van der Waals surface area contributed by atoms with Crippen LogP contribution in [0.2, 0.25) is 0 Å². The van der Waals surface area contributed by atoms with Crippen molar-refractivity contribution in [3.63, 3.8) is 0 Å². The fraction of sp³-hybridized carbons (Fsp3) is 0.368. The van der Waals surface area contributed by atoms with Crippen LogP contribution in [0.3, 0.4) is 0 Å². The molecular weight excluding hydrogens is 338 g/mol. The van der Waals surface area contributed by atoms with Crippen LogP contribution in [0, 0.1) is 0 Å². The molecule has 1 aliphatic carbocycles. The standard InChI is InChI=1S/C19H23NO4S/c1-13(15-8-7-14-5-4-6-16(14)11-15)20-25(21,22)19-12-17(23-2)9-10-18(19)24-3/h7-13,20H,4-6H2,1-3H3/t13-/m0/s1.